The molecule has 0 bridgehead atoms. The molecular formula is C65H98N6O9. The van der Waals surface area contributed by atoms with E-state index >= 15 is 0 Å². The highest BCUT2D eigenvalue weighted by atomic mass is 16.5. The van der Waals surface area contributed by atoms with Gasteiger partial charge in [-0.15, -0.1) is 0 Å². The molecule has 6 rings (SSSR count). The second-order valence-corrected chi connectivity index (χ2v) is 22.3. The molecule has 0 amide bonds. The van der Waals surface area contributed by atoms with Gasteiger partial charge < -0.3 is 29.8 Å². The van der Waals surface area contributed by atoms with E-state index in [1.54, 1.807) is 0 Å². The summed E-state index contributed by atoms with van der Waals surface area (Å²) in [6.07, 6.45) is 4.60. The average molecular weight is 1110 g/mol. The first-order valence-corrected chi connectivity index (χ1v) is 29.2. The molecule has 4 aromatic rings. The van der Waals surface area contributed by atoms with Crippen LogP contribution in [0.4, 0.5) is 0 Å². The van der Waals surface area contributed by atoms with Crippen molar-refractivity contribution in [2.24, 2.45) is 5.73 Å². The Balaban J connectivity index is 0.000000336. The lowest BCUT2D eigenvalue weighted by atomic mass is 9.96. The summed E-state index contributed by atoms with van der Waals surface area (Å²) in [5.74, 6) is -0.626. The number of nitrogens with zero attached hydrogens (tertiary/aromatic N) is 5. The molecule has 4 unspecified atom stereocenters. The number of hydrogen-bond donors (Lipinski definition) is 2. The summed E-state index contributed by atoms with van der Waals surface area (Å²) >= 11 is 0. The van der Waals surface area contributed by atoms with Crippen LogP contribution in [0.15, 0.2) is 121 Å². The van der Waals surface area contributed by atoms with Crippen LogP contribution in [0.2, 0.25) is 0 Å². The van der Waals surface area contributed by atoms with Gasteiger partial charge in [0.1, 0.15) is 26.4 Å². The summed E-state index contributed by atoms with van der Waals surface area (Å²) in [4.78, 5) is 62.0. The number of aliphatic hydroxyl groups excluding tert-OH is 1. The zero-order valence-electron chi connectivity index (χ0n) is 49.9. The van der Waals surface area contributed by atoms with Crippen LogP contribution >= 0.6 is 0 Å². The number of carbonyl (C=O) groups excluding carboxylic acids is 4. The van der Waals surface area contributed by atoms with Crippen LogP contribution in [0.25, 0.3) is 0 Å². The van der Waals surface area contributed by atoms with Gasteiger partial charge in [0.05, 0.1) is 0 Å². The summed E-state index contributed by atoms with van der Waals surface area (Å²) in [7, 11) is 1.00. The Hall–Kier alpha value is -5.52. The summed E-state index contributed by atoms with van der Waals surface area (Å²) in [6, 6.07) is 40.1. The van der Waals surface area contributed by atoms with Crippen LogP contribution in [0.3, 0.4) is 0 Å². The van der Waals surface area contributed by atoms with Crippen molar-refractivity contribution in [1.29, 1.82) is 0 Å². The Bertz CT molecular complexity index is 2190. The van der Waals surface area contributed by atoms with Gasteiger partial charge >= 0.3 is 23.9 Å². The first-order valence-electron chi connectivity index (χ1n) is 29.2. The molecule has 0 saturated carbocycles. The zero-order valence-corrected chi connectivity index (χ0v) is 49.9. The lowest BCUT2D eigenvalue weighted by molar-refractivity contribution is -0.146. The Labute approximate surface area is 480 Å². The van der Waals surface area contributed by atoms with Crippen LogP contribution in [-0.4, -0.2) is 161 Å². The molecule has 0 spiro atoms. The van der Waals surface area contributed by atoms with Gasteiger partial charge in [-0.3, -0.25) is 43.7 Å². The second-order valence-electron chi connectivity index (χ2n) is 22.3. The maximum Gasteiger partial charge on any atom is 0.306 e. The molecule has 80 heavy (non-hydrogen) atoms. The molecule has 3 N–H and O–H groups in total. The van der Waals surface area contributed by atoms with Gasteiger partial charge in [0, 0.05) is 120 Å². The van der Waals surface area contributed by atoms with Crippen molar-refractivity contribution in [3.8, 4) is 0 Å². The molecule has 15 heteroatoms. The van der Waals surface area contributed by atoms with E-state index < -0.39 is 0 Å². The third kappa shape index (κ3) is 24.7. The van der Waals surface area contributed by atoms with Crippen molar-refractivity contribution in [3.05, 3.63) is 144 Å². The molecule has 0 radical (unpaired) electrons. The molecule has 2 aliphatic heterocycles. The van der Waals surface area contributed by atoms with Gasteiger partial charge in [-0.1, -0.05) is 135 Å². The molecule has 0 aromatic heterocycles. The van der Waals surface area contributed by atoms with Gasteiger partial charge in [-0.25, -0.2) is 0 Å². The third-order valence-corrected chi connectivity index (χ3v) is 15.6. The molecule has 2 saturated heterocycles. The highest BCUT2D eigenvalue weighted by Crippen LogP contribution is 2.27. The Morgan fingerprint density at radius 1 is 0.450 bits per heavy atom. The van der Waals surface area contributed by atoms with Gasteiger partial charge in [0.15, 0.2) is 0 Å². The molecule has 0 aliphatic carbocycles. The molecule has 442 valence electrons. The molecule has 15 nitrogen and oxygen atoms in total. The van der Waals surface area contributed by atoms with E-state index in [1.165, 1.54) is 0 Å². The molecular weight excluding hydrogens is 1010 g/mol. The normalized spacial score (nSPS) is 19.8. The summed E-state index contributed by atoms with van der Waals surface area (Å²) in [6.45, 7) is 27.9. The van der Waals surface area contributed by atoms with Crippen LogP contribution in [-0.2, 0) is 64.6 Å². The van der Waals surface area contributed by atoms with E-state index in [4.69, 9.17) is 29.8 Å². The Kier molecular flexibility index (Phi) is 30.2. The van der Waals surface area contributed by atoms with E-state index in [0.29, 0.717) is 52.1 Å². The number of esters is 4. The van der Waals surface area contributed by atoms with Crippen molar-refractivity contribution in [3.63, 3.8) is 0 Å². The van der Waals surface area contributed by atoms with E-state index in [-0.39, 0.29) is 59.1 Å². The number of rotatable bonds is 27. The smallest absolute Gasteiger partial charge is 0.306 e. The summed E-state index contributed by atoms with van der Waals surface area (Å²) in [5, 5.41) is 7.00. The molecule has 4 aromatic carbocycles. The number of aliphatic hydroxyl groups is 1. The quantitative estimate of drug-likeness (QED) is 0.0428. The van der Waals surface area contributed by atoms with E-state index in [1.807, 2.05) is 121 Å². The largest absolute Gasteiger partial charge is 0.461 e. The first-order chi connectivity index (χ1) is 38.4. The van der Waals surface area contributed by atoms with Crippen molar-refractivity contribution in [2.45, 2.75) is 168 Å². The minimum Gasteiger partial charge on any atom is -0.461 e. The maximum atomic E-state index is 12.5. The Morgan fingerprint density at radius 2 is 0.675 bits per heavy atom. The summed E-state index contributed by atoms with van der Waals surface area (Å²) in [5.41, 5.74) is 10.3. The van der Waals surface area contributed by atoms with Gasteiger partial charge in [0.25, 0.3) is 0 Å². The third-order valence-electron chi connectivity index (χ3n) is 15.6. The van der Waals surface area contributed by atoms with Crippen molar-refractivity contribution in [2.75, 3.05) is 72.6 Å². The predicted molar refractivity (Wildman–Crippen MR) is 318 cm³/mol. The monoisotopic (exact) mass is 1110 g/mol. The van der Waals surface area contributed by atoms with E-state index in [9.17, 15) is 19.2 Å². The zero-order chi connectivity index (χ0) is 58.3. The fourth-order valence-corrected chi connectivity index (χ4v) is 10.7. The maximum absolute atomic E-state index is 12.5. The minimum absolute atomic E-state index is 0.0375. The van der Waals surface area contributed by atoms with Crippen LogP contribution < -0.4 is 5.73 Å². The Morgan fingerprint density at radius 3 is 0.900 bits per heavy atom. The van der Waals surface area contributed by atoms with Crippen molar-refractivity contribution < 1.29 is 43.2 Å². The summed E-state index contributed by atoms with van der Waals surface area (Å²) < 4.78 is 21.9. The van der Waals surface area contributed by atoms with E-state index in [2.05, 4.69) is 79.9 Å². The standard InChI is InChI=1S/C34H51N3O4.C30H43N3O4.CH4O/c1-6-37(7-2)34(5)26-35(28(3)18-20-32(38)40-24-30-14-10-8-11-15-30)22-23-36(27-34)29(4)19-21-33(39)41-25-31-16-12-9-13-17-31;1-24(14-16-28(34)36-20-26-10-6-4-7-11-26)32-18-19-33(23-30(3,31)22-32)25(2)15-17-29(35)37-21-27-12-8-5-9-13-27;1-2/h8-17,28-29H,6-7,18-27H2,1-5H3;4-13,24-25H,14-23,31H2,1-3H3;2H,1H3. The highest BCUT2D eigenvalue weighted by molar-refractivity contribution is 5.70. The van der Waals surface area contributed by atoms with Crippen molar-refractivity contribution >= 4 is 23.9 Å². The van der Waals surface area contributed by atoms with Gasteiger partial charge in [-0.2, -0.15) is 0 Å². The molecule has 2 aliphatic rings. The topological polar surface area (TPSA) is 168 Å². The average Bonchev–Trinajstić information content (AvgIpc) is 3.79. The van der Waals surface area contributed by atoms with E-state index in [0.717, 1.165) is 120 Å². The number of carbonyl (C=O) groups is 4. The fraction of sp³-hybridized carbons (Fsp3) is 0.569. The number of nitrogens with two attached hydrogens (primary N) is 1. The number of hydrogen-bond acceptors (Lipinski definition) is 15. The van der Waals surface area contributed by atoms with Crippen LogP contribution in [0.1, 0.15) is 129 Å². The number of likely N-dealkylation sites (N-methyl/N-ethyl adjacent to an activating group) is 1. The van der Waals surface area contributed by atoms with Crippen molar-refractivity contribution in [1.82, 2.24) is 24.5 Å². The highest BCUT2D eigenvalue weighted by Gasteiger charge is 2.39. The van der Waals surface area contributed by atoms with Crippen LogP contribution in [0, 0.1) is 0 Å². The number of ether oxygens (including phenoxy) is 4. The fourth-order valence-electron chi connectivity index (χ4n) is 10.7. The van der Waals surface area contributed by atoms with Gasteiger partial charge in [0.2, 0.25) is 0 Å². The molecule has 2 heterocycles. The minimum atomic E-state index is -0.388. The first kappa shape index (κ1) is 67.0. The molecule has 2 fully saturated rings. The van der Waals surface area contributed by atoms with Gasteiger partial charge in [-0.05, 0) is 103 Å². The van der Waals surface area contributed by atoms with Crippen LogP contribution in [0.5, 0.6) is 0 Å². The molecule has 4 atom stereocenters. The lowest BCUT2D eigenvalue weighted by Crippen LogP contribution is -2.58. The lowest BCUT2D eigenvalue weighted by Gasteiger charge is -2.45. The second kappa shape index (κ2) is 36.0. The number of benzene rings is 4. The predicted octanol–water partition coefficient (Wildman–Crippen LogP) is 9.28. The SMILES string of the molecule is CC(CCC(=O)OCc1ccccc1)N1CCN(C(C)CCC(=O)OCc2ccccc2)CC(C)(N)C1.CCN(CC)C1(C)CN(C(C)CCC(=O)OCc2ccccc2)CCN(C(C)CCC(=O)OCc2ccccc2)C1.CO.